The van der Waals surface area contributed by atoms with Crippen LogP contribution in [0.25, 0.3) is 10.1 Å². The molecule has 2 heterocycles. The Labute approximate surface area is 103 Å². The second kappa shape index (κ2) is 4.43. The summed E-state index contributed by atoms with van der Waals surface area (Å²) in [5.74, 6) is 0.212. The van der Waals surface area contributed by atoms with Gasteiger partial charge in [0, 0.05) is 23.8 Å². The summed E-state index contributed by atoms with van der Waals surface area (Å²) >= 11 is 1.47. The number of nitrogens with zero attached hydrogens (tertiary/aromatic N) is 1. The van der Waals surface area contributed by atoms with Gasteiger partial charge in [-0.05, 0) is 42.7 Å². The Morgan fingerprint density at radius 3 is 3.29 bits per heavy atom. The van der Waals surface area contributed by atoms with Gasteiger partial charge in [0.1, 0.15) is 0 Å². The number of hydrogen-bond donors (Lipinski definition) is 2. The highest BCUT2D eigenvalue weighted by molar-refractivity contribution is 7.13. The molecule has 1 aliphatic heterocycles. The molecule has 88 valence electrons. The molecule has 0 saturated carbocycles. The van der Waals surface area contributed by atoms with E-state index in [1.807, 2.05) is 24.4 Å². The summed E-state index contributed by atoms with van der Waals surface area (Å²) < 4.78 is 5.26. The SMILES string of the molecule is O=C(Nc1ccc2sncc2c1)C1CCNC1. The molecule has 17 heavy (non-hydrogen) atoms. The lowest BCUT2D eigenvalue weighted by Crippen LogP contribution is -2.24. The molecule has 3 rings (SSSR count). The van der Waals surface area contributed by atoms with Crippen LogP contribution >= 0.6 is 11.5 Å². The lowest BCUT2D eigenvalue weighted by molar-refractivity contribution is -0.119. The van der Waals surface area contributed by atoms with E-state index in [2.05, 4.69) is 15.0 Å². The van der Waals surface area contributed by atoms with Gasteiger partial charge in [-0.3, -0.25) is 4.79 Å². The molecule has 4 nitrogen and oxygen atoms in total. The van der Waals surface area contributed by atoms with Crippen molar-refractivity contribution in [3.8, 4) is 0 Å². The van der Waals surface area contributed by atoms with Gasteiger partial charge in [0.15, 0.2) is 0 Å². The number of aromatic nitrogens is 1. The van der Waals surface area contributed by atoms with E-state index in [-0.39, 0.29) is 11.8 Å². The van der Waals surface area contributed by atoms with Crippen molar-refractivity contribution in [2.45, 2.75) is 6.42 Å². The fraction of sp³-hybridized carbons (Fsp3) is 0.333. The summed E-state index contributed by atoms with van der Waals surface area (Å²) in [7, 11) is 0. The average Bonchev–Trinajstić information content (AvgIpc) is 2.99. The summed E-state index contributed by atoms with van der Waals surface area (Å²) in [6.45, 7) is 1.72. The van der Waals surface area contributed by atoms with Crippen LogP contribution in [0.1, 0.15) is 6.42 Å². The Balaban J connectivity index is 1.77. The quantitative estimate of drug-likeness (QED) is 0.851. The van der Waals surface area contributed by atoms with E-state index in [1.165, 1.54) is 11.5 Å². The Bertz CT molecular complexity index is 545. The van der Waals surface area contributed by atoms with Crippen LogP contribution in [0, 0.1) is 5.92 Å². The smallest absolute Gasteiger partial charge is 0.228 e. The van der Waals surface area contributed by atoms with E-state index in [4.69, 9.17) is 0 Å². The van der Waals surface area contributed by atoms with E-state index >= 15 is 0 Å². The number of rotatable bonds is 2. The van der Waals surface area contributed by atoms with Gasteiger partial charge in [-0.2, -0.15) is 4.37 Å². The fourth-order valence-corrected chi connectivity index (χ4v) is 2.70. The zero-order valence-electron chi connectivity index (χ0n) is 9.27. The topological polar surface area (TPSA) is 54.0 Å². The van der Waals surface area contributed by atoms with Crippen LogP contribution in [-0.4, -0.2) is 23.4 Å². The Morgan fingerprint density at radius 2 is 2.47 bits per heavy atom. The molecule has 1 atom stereocenters. The maximum atomic E-state index is 11.9. The summed E-state index contributed by atoms with van der Waals surface area (Å²) in [6, 6.07) is 5.90. The van der Waals surface area contributed by atoms with Crippen LogP contribution in [0.5, 0.6) is 0 Å². The number of nitrogens with one attached hydrogen (secondary N) is 2. The number of carbonyl (C=O) groups is 1. The molecule has 0 bridgehead atoms. The highest BCUT2D eigenvalue weighted by Crippen LogP contribution is 2.22. The van der Waals surface area contributed by atoms with Gasteiger partial charge in [-0.25, -0.2) is 0 Å². The molecule has 1 aliphatic rings. The number of anilines is 1. The highest BCUT2D eigenvalue weighted by atomic mass is 32.1. The standard InChI is InChI=1S/C12H13N3OS/c16-12(8-3-4-13-6-8)15-10-1-2-11-9(5-10)7-14-17-11/h1-2,5,7-8,13H,3-4,6H2,(H,15,16). The van der Waals surface area contributed by atoms with Crippen molar-refractivity contribution in [1.29, 1.82) is 0 Å². The first kappa shape index (κ1) is 10.7. The van der Waals surface area contributed by atoms with Crippen LogP contribution in [-0.2, 0) is 4.79 Å². The molecular weight excluding hydrogens is 234 g/mol. The maximum Gasteiger partial charge on any atom is 0.228 e. The minimum Gasteiger partial charge on any atom is -0.326 e. The van der Waals surface area contributed by atoms with Crippen molar-refractivity contribution in [2.75, 3.05) is 18.4 Å². The van der Waals surface area contributed by atoms with Crippen molar-refractivity contribution in [1.82, 2.24) is 9.69 Å². The molecule has 1 saturated heterocycles. The number of amides is 1. The predicted molar refractivity (Wildman–Crippen MR) is 69.2 cm³/mol. The molecule has 0 aliphatic carbocycles. The number of hydrogen-bond acceptors (Lipinski definition) is 4. The highest BCUT2D eigenvalue weighted by Gasteiger charge is 2.22. The van der Waals surface area contributed by atoms with Crippen molar-refractivity contribution in [2.24, 2.45) is 5.92 Å². The van der Waals surface area contributed by atoms with E-state index in [0.29, 0.717) is 0 Å². The molecule has 1 aromatic heterocycles. The summed E-state index contributed by atoms with van der Waals surface area (Å²) in [6.07, 6.45) is 2.75. The van der Waals surface area contributed by atoms with Crippen molar-refractivity contribution in [3.05, 3.63) is 24.4 Å². The Kier molecular flexibility index (Phi) is 2.78. The molecule has 0 radical (unpaired) electrons. The minimum absolute atomic E-state index is 0.103. The summed E-state index contributed by atoms with van der Waals surface area (Å²) in [5.41, 5.74) is 0.856. The molecular formula is C12H13N3OS. The summed E-state index contributed by atoms with van der Waals surface area (Å²) in [5, 5.41) is 7.24. The first-order chi connectivity index (χ1) is 8.33. The normalized spacial score (nSPS) is 19.6. The third kappa shape index (κ3) is 2.16. The third-order valence-electron chi connectivity index (χ3n) is 3.05. The van der Waals surface area contributed by atoms with Gasteiger partial charge in [-0.15, -0.1) is 0 Å². The first-order valence-electron chi connectivity index (χ1n) is 5.69. The van der Waals surface area contributed by atoms with Crippen molar-refractivity contribution < 1.29 is 4.79 Å². The second-order valence-electron chi connectivity index (χ2n) is 4.26. The molecule has 0 spiro atoms. The molecule has 2 aromatic rings. The van der Waals surface area contributed by atoms with Crippen LogP contribution in [0.2, 0.25) is 0 Å². The molecule has 1 aromatic carbocycles. The lowest BCUT2D eigenvalue weighted by atomic mass is 10.1. The zero-order valence-corrected chi connectivity index (χ0v) is 10.1. The van der Waals surface area contributed by atoms with Gasteiger partial charge >= 0.3 is 0 Å². The molecule has 2 N–H and O–H groups in total. The monoisotopic (exact) mass is 247 g/mol. The lowest BCUT2D eigenvalue weighted by Gasteiger charge is -2.09. The fourth-order valence-electron chi connectivity index (χ4n) is 2.07. The predicted octanol–water partition coefficient (Wildman–Crippen LogP) is 1.84. The molecule has 1 fully saturated rings. The Hall–Kier alpha value is -1.46. The Morgan fingerprint density at radius 1 is 1.53 bits per heavy atom. The van der Waals surface area contributed by atoms with E-state index in [0.717, 1.165) is 35.3 Å². The zero-order chi connectivity index (χ0) is 11.7. The van der Waals surface area contributed by atoms with E-state index in [1.54, 1.807) is 0 Å². The van der Waals surface area contributed by atoms with Gasteiger partial charge in [0.25, 0.3) is 0 Å². The minimum atomic E-state index is 0.103. The van der Waals surface area contributed by atoms with E-state index < -0.39 is 0 Å². The van der Waals surface area contributed by atoms with Crippen molar-refractivity contribution >= 4 is 33.2 Å². The largest absolute Gasteiger partial charge is 0.326 e. The van der Waals surface area contributed by atoms with Gasteiger partial charge < -0.3 is 10.6 Å². The van der Waals surface area contributed by atoms with E-state index in [9.17, 15) is 4.79 Å². The van der Waals surface area contributed by atoms with Gasteiger partial charge in [-0.1, -0.05) is 0 Å². The second-order valence-corrected chi connectivity index (χ2v) is 5.09. The van der Waals surface area contributed by atoms with Crippen LogP contribution in [0.3, 0.4) is 0 Å². The first-order valence-corrected chi connectivity index (χ1v) is 6.46. The van der Waals surface area contributed by atoms with Gasteiger partial charge in [0.2, 0.25) is 5.91 Å². The third-order valence-corrected chi connectivity index (χ3v) is 3.83. The number of carbonyl (C=O) groups excluding carboxylic acids is 1. The van der Waals surface area contributed by atoms with Crippen LogP contribution in [0.15, 0.2) is 24.4 Å². The number of fused-ring (bicyclic) bond motifs is 1. The van der Waals surface area contributed by atoms with Gasteiger partial charge in [0.05, 0.1) is 10.6 Å². The molecule has 5 heteroatoms. The van der Waals surface area contributed by atoms with Crippen LogP contribution in [0.4, 0.5) is 5.69 Å². The molecule has 1 amide bonds. The average molecular weight is 247 g/mol. The number of benzene rings is 1. The molecule has 1 unspecified atom stereocenters. The maximum absolute atomic E-state index is 11.9. The summed E-state index contributed by atoms with van der Waals surface area (Å²) in [4.78, 5) is 11.9. The van der Waals surface area contributed by atoms with Crippen molar-refractivity contribution in [3.63, 3.8) is 0 Å². The van der Waals surface area contributed by atoms with Crippen LogP contribution < -0.4 is 10.6 Å².